The molecule has 0 bridgehead atoms. The van der Waals surface area contributed by atoms with Gasteiger partial charge in [0.2, 0.25) is 10.0 Å². The van der Waals surface area contributed by atoms with Crippen molar-refractivity contribution in [2.75, 3.05) is 7.11 Å². The third-order valence-corrected chi connectivity index (χ3v) is 4.32. The molecular weight excluding hydrogens is 301 g/mol. The molecule has 2 atom stereocenters. The number of benzene rings is 1. The van der Waals surface area contributed by atoms with E-state index in [4.69, 9.17) is 0 Å². The monoisotopic (exact) mass is 319 g/mol. The normalized spacial score (nSPS) is 14.5. The van der Waals surface area contributed by atoms with Crippen molar-refractivity contribution in [3.8, 4) is 0 Å². The summed E-state index contributed by atoms with van der Waals surface area (Å²) in [7, 11) is -3.01. The second kappa shape index (κ2) is 6.97. The Morgan fingerprint density at radius 2 is 2.05 bits per heavy atom. The van der Waals surface area contributed by atoms with Crippen LogP contribution in [0.5, 0.6) is 0 Å². The molecule has 0 aliphatic rings. The quantitative estimate of drug-likeness (QED) is 0.765. The van der Waals surface area contributed by atoms with Crippen LogP contribution in [0.4, 0.5) is 4.39 Å². The minimum Gasteiger partial charge on any atom is -0.465 e. The van der Waals surface area contributed by atoms with Crippen LogP contribution in [0.2, 0.25) is 0 Å². The number of carbonyl (C=O) groups excluding carboxylic acids is 1. The topological polar surface area (TPSA) is 92.7 Å². The molecule has 0 aliphatic heterocycles. The Kier molecular flexibility index (Phi) is 5.82. The van der Waals surface area contributed by atoms with Crippen molar-refractivity contribution in [2.24, 2.45) is 0 Å². The Morgan fingerprint density at radius 1 is 1.43 bits per heavy atom. The highest BCUT2D eigenvalue weighted by atomic mass is 32.2. The van der Waals surface area contributed by atoms with Gasteiger partial charge in [-0.3, -0.25) is 0 Å². The smallest absolute Gasteiger partial charge is 0.339 e. The number of halogens is 1. The lowest BCUT2D eigenvalue weighted by atomic mass is 10.2. The average Bonchev–Trinajstić information content (AvgIpc) is 2.36. The summed E-state index contributed by atoms with van der Waals surface area (Å²) in [5.41, 5.74) is -0.254. The fraction of sp³-hybridized carbons (Fsp3) is 0.462. The Balaban J connectivity index is 3.18. The molecule has 8 heteroatoms. The first kappa shape index (κ1) is 17.5. The van der Waals surface area contributed by atoms with Crippen molar-refractivity contribution in [3.05, 3.63) is 29.6 Å². The maximum atomic E-state index is 13.3. The van der Waals surface area contributed by atoms with Gasteiger partial charge in [0.1, 0.15) is 5.82 Å². The number of aliphatic hydroxyl groups is 1. The third kappa shape index (κ3) is 4.76. The largest absolute Gasteiger partial charge is 0.465 e. The molecule has 6 nitrogen and oxygen atoms in total. The lowest BCUT2D eigenvalue weighted by Gasteiger charge is -2.17. The molecule has 1 rings (SSSR count). The Labute approximate surface area is 123 Å². The van der Waals surface area contributed by atoms with Crippen molar-refractivity contribution in [2.45, 2.75) is 37.3 Å². The summed E-state index contributed by atoms with van der Waals surface area (Å²) in [6.45, 7) is 3.08. The van der Waals surface area contributed by atoms with Crippen LogP contribution >= 0.6 is 0 Å². The van der Waals surface area contributed by atoms with Crippen LogP contribution in [0.25, 0.3) is 0 Å². The number of aliphatic hydroxyl groups excluding tert-OH is 1. The molecule has 0 saturated carbocycles. The molecule has 0 fully saturated rings. The second-order valence-electron chi connectivity index (χ2n) is 4.74. The van der Waals surface area contributed by atoms with Gasteiger partial charge in [-0.1, -0.05) is 0 Å². The minimum absolute atomic E-state index is 0.183. The summed E-state index contributed by atoms with van der Waals surface area (Å²) in [6.07, 6.45) is -0.516. The van der Waals surface area contributed by atoms with Crippen molar-refractivity contribution in [3.63, 3.8) is 0 Å². The zero-order valence-corrected chi connectivity index (χ0v) is 12.8. The van der Waals surface area contributed by atoms with Gasteiger partial charge in [-0.15, -0.1) is 0 Å². The summed E-state index contributed by atoms with van der Waals surface area (Å²) in [5, 5.41) is 9.25. The molecule has 118 valence electrons. The molecule has 0 radical (unpaired) electrons. The molecular formula is C13H18FNO5S. The summed E-state index contributed by atoms with van der Waals surface area (Å²) in [4.78, 5) is 11.1. The Morgan fingerprint density at radius 3 is 2.57 bits per heavy atom. The van der Waals surface area contributed by atoms with Crippen LogP contribution in [0.1, 0.15) is 30.6 Å². The van der Waals surface area contributed by atoms with Gasteiger partial charge < -0.3 is 9.84 Å². The van der Waals surface area contributed by atoms with Crippen LogP contribution < -0.4 is 4.72 Å². The van der Waals surface area contributed by atoms with Crippen molar-refractivity contribution in [1.29, 1.82) is 0 Å². The van der Waals surface area contributed by atoms with Crippen molar-refractivity contribution < 1.29 is 27.4 Å². The Hall–Kier alpha value is -1.51. The zero-order valence-electron chi connectivity index (χ0n) is 12.0. The van der Waals surface area contributed by atoms with Gasteiger partial charge in [-0.05, 0) is 38.5 Å². The average molecular weight is 319 g/mol. The van der Waals surface area contributed by atoms with Crippen LogP contribution in [0.3, 0.4) is 0 Å². The fourth-order valence-corrected chi connectivity index (χ4v) is 3.35. The first-order valence-corrected chi connectivity index (χ1v) is 7.74. The van der Waals surface area contributed by atoms with Crippen LogP contribution in [-0.4, -0.2) is 38.7 Å². The minimum atomic E-state index is -4.12. The van der Waals surface area contributed by atoms with E-state index >= 15 is 0 Å². The first-order valence-electron chi connectivity index (χ1n) is 6.25. The van der Waals surface area contributed by atoms with E-state index in [1.54, 1.807) is 6.92 Å². The number of methoxy groups -OCH3 is 1. The first-order chi connectivity index (χ1) is 9.67. The molecule has 21 heavy (non-hydrogen) atoms. The van der Waals surface area contributed by atoms with Crippen molar-refractivity contribution in [1.82, 2.24) is 4.72 Å². The van der Waals surface area contributed by atoms with E-state index < -0.39 is 38.9 Å². The summed E-state index contributed by atoms with van der Waals surface area (Å²) in [5.74, 6) is -1.66. The highest BCUT2D eigenvalue weighted by Crippen LogP contribution is 2.19. The molecule has 2 N–H and O–H groups in total. The van der Waals surface area contributed by atoms with E-state index in [1.807, 2.05) is 0 Å². The highest BCUT2D eigenvalue weighted by Gasteiger charge is 2.25. The Bertz CT molecular complexity index is 615. The summed E-state index contributed by atoms with van der Waals surface area (Å²) >= 11 is 0. The SMILES string of the molecule is COC(=O)c1ccc(F)cc1S(=O)(=O)NC(C)CC(C)O. The number of ether oxygens (including phenoxy) is 1. The second-order valence-corrected chi connectivity index (χ2v) is 6.42. The molecule has 0 aliphatic carbocycles. The lowest BCUT2D eigenvalue weighted by molar-refractivity contribution is 0.0596. The van der Waals surface area contributed by atoms with Gasteiger partial charge in [0.25, 0.3) is 0 Å². The number of hydrogen-bond acceptors (Lipinski definition) is 5. The van der Waals surface area contributed by atoms with Gasteiger partial charge in [0.05, 0.1) is 23.7 Å². The number of sulfonamides is 1. The van der Waals surface area contributed by atoms with Crippen molar-refractivity contribution >= 4 is 16.0 Å². The number of carbonyl (C=O) groups is 1. The van der Waals surface area contributed by atoms with Gasteiger partial charge in [0, 0.05) is 6.04 Å². The predicted octanol–water partition coefficient (Wildman–Crippen LogP) is 1.05. The van der Waals surface area contributed by atoms with E-state index in [9.17, 15) is 22.7 Å². The van der Waals surface area contributed by atoms with Gasteiger partial charge >= 0.3 is 5.97 Å². The highest BCUT2D eigenvalue weighted by molar-refractivity contribution is 7.89. The number of esters is 1. The van der Waals surface area contributed by atoms with Gasteiger partial charge in [-0.25, -0.2) is 22.3 Å². The van der Waals surface area contributed by atoms with Gasteiger partial charge in [-0.2, -0.15) is 0 Å². The van der Waals surface area contributed by atoms with Crippen LogP contribution in [-0.2, 0) is 14.8 Å². The number of hydrogen-bond donors (Lipinski definition) is 2. The molecule has 1 aromatic carbocycles. The van der Waals surface area contributed by atoms with E-state index in [1.165, 1.54) is 6.92 Å². The molecule has 2 unspecified atom stereocenters. The molecule has 0 heterocycles. The molecule has 0 aromatic heterocycles. The molecule has 0 saturated heterocycles. The summed E-state index contributed by atoms with van der Waals surface area (Å²) < 4.78 is 44.6. The lowest BCUT2D eigenvalue weighted by Crippen LogP contribution is -2.35. The van der Waals surface area contributed by atoms with Crippen LogP contribution in [0.15, 0.2) is 23.1 Å². The maximum absolute atomic E-state index is 13.3. The van der Waals surface area contributed by atoms with E-state index in [-0.39, 0.29) is 12.0 Å². The number of nitrogens with one attached hydrogen (secondary N) is 1. The van der Waals surface area contributed by atoms with E-state index in [0.29, 0.717) is 0 Å². The molecule has 1 aromatic rings. The molecule has 0 spiro atoms. The van der Waals surface area contributed by atoms with E-state index in [0.717, 1.165) is 25.3 Å². The summed E-state index contributed by atoms with van der Waals surface area (Å²) in [6, 6.07) is 2.20. The van der Waals surface area contributed by atoms with Crippen LogP contribution in [0, 0.1) is 5.82 Å². The fourth-order valence-electron chi connectivity index (χ4n) is 1.89. The molecule has 0 amide bonds. The predicted molar refractivity (Wildman–Crippen MR) is 73.8 cm³/mol. The standard InChI is InChI=1S/C13H18FNO5S/c1-8(6-9(2)16)15-21(18,19)12-7-10(14)4-5-11(12)13(17)20-3/h4-5,7-9,15-16H,6H2,1-3H3. The van der Waals surface area contributed by atoms with Gasteiger partial charge in [0.15, 0.2) is 0 Å². The third-order valence-electron chi connectivity index (χ3n) is 2.69. The zero-order chi connectivity index (χ0) is 16.2. The number of rotatable bonds is 6. The van der Waals surface area contributed by atoms with E-state index in [2.05, 4.69) is 9.46 Å². The maximum Gasteiger partial charge on any atom is 0.339 e.